The molecule has 0 spiro atoms. The zero-order chi connectivity index (χ0) is 22.5. The quantitative estimate of drug-likeness (QED) is 0.621. The highest BCUT2D eigenvalue weighted by Crippen LogP contribution is 2.43. The van der Waals surface area contributed by atoms with Crippen molar-refractivity contribution in [3.63, 3.8) is 0 Å². The molecule has 2 aliphatic rings. The molecule has 0 aliphatic carbocycles. The molecule has 2 aliphatic heterocycles. The molecule has 0 radical (unpaired) electrons. The Kier molecular flexibility index (Phi) is 5.29. The van der Waals surface area contributed by atoms with E-state index < -0.39 is 21.6 Å². The Balaban J connectivity index is 1.60. The molecule has 5 rings (SSSR count). The summed E-state index contributed by atoms with van der Waals surface area (Å²) in [6.07, 6.45) is 0. The number of nitrogens with zero attached hydrogens (tertiary/aromatic N) is 3. The Labute approximate surface area is 189 Å². The minimum atomic E-state index is -3.80. The molecule has 1 fully saturated rings. The molecule has 0 saturated carbocycles. The van der Waals surface area contributed by atoms with Crippen LogP contribution in [0, 0.1) is 0 Å². The highest BCUT2D eigenvalue weighted by atomic mass is 35.5. The van der Waals surface area contributed by atoms with E-state index in [2.05, 4.69) is 10.00 Å². The fourth-order valence-corrected chi connectivity index (χ4v) is 6.45. The number of sulfone groups is 1. The van der Waals surface area contributed by atoms with Crippen LogP contribution in [0.4, 0.5) is 0 Å². The maximum absolute atomic E-state index is 12.9. The predicted molar refractivity (Wildman–Crippen MR) is 118 cm³/mol. The first-order chi connectivity index (χ1) is 15.3. The van der Waals surface area contributed by atoms with Gasteiger partial charge in [-0.3, -0.25) is 4.90 Å². The Hall–Kier alpha value is -2.72. The molecule has 0 atom stereocenters. The van der Waals surface area contributed by atoms with E-state index in [0.29, 0.717) is 16.9 Å². The van der Waals surface area contributed by atoms with Crippen molar-refractivity contribution in [3.05, 3.63) is 64.3 Å². The molecular formula is C22H20ClN3O5S. The standard InChI is InChI=1S/C22H20ClN3O5S/c23-18-3-1-2-16-20-17(13-32(29,30)21(16)18)19(22(27)28)24-26(20)15-6-4-14(5-7-15)12-25-8-10-31-11-9-25/h1-7H,8-13H2,(H,27,28). The van der Waals surface area contributed by atoms with Gasteiger partial charge in [0.15, 0.2) is 15.5 Å². The van der Waals surface area contributed by atoms with Crippen molar-refractivity contribution in [2.24, 2.45) is 0 Å². The van der Waals surface area contributed by atoms with Crippen LogP contribution in [0.25, 0.3) is 16.9 Å². The summed E-state index contributed by atoms with van der Waals surface area (Å²) in [4.78, 5) is 14.2. The number of aromatic carboxylic acids is 1. The number of benzene rings is 2. The molecule has 10 heteroatoms. The molecule has 1 aromatic heterocycles. The van der Waals surface area contributed by atoms with E-state index >= 15 is 0 Å². The summed E-state index contributed by atoms with van der Waals surface area (Å²) in [5.74, 6) is -1.74. The Bertz CT molecular complexity index is 1310. The van der Waals surface area contributed by atoms with Gasteiger partial charge in [0.1, 0.15) is 0 Å². The maximum atomic E-state index is 12.9. The first-order valence-corrected chi connectivity index (χ1v) is 12.1. The van der Waals surface area contributed by atoms with Crippen molar-refractivity contribution in [2.45, 2.75) is 17.2 Å². The lowest BCUT2D eigenvalue weighted by Crippen LogP contribution is -2.35. The second kappa shape index (κ2) is 8.00. The van der Waals surface area contributed by atoms with Crippen molar-refractivity contribution in [3.8, 4) is 16.9 Å². The first-order valence-electron chi connectivity index (χ1n) is 10.1. The number of carbonyl (C=O) groups is 1. The normalized spacial score (nSPS) is 17.5. The van der Waals surface area contributed by atoms with E-state index in [9.17, 15) is 18.3 Å². The van der Waals surface area contributed by atoms with E-state index in [1.165, 1.54) is 10.7 Å². The van der Waals surface area contributed by atoms with Crippen molar-refractivity contribution >= 4 is 27.4 Å². The molecule has 1 saturated heterocycles. The van der Waals surface area contributed by atoms with Gasteiger partial charge in [-0.05, 0) is 23.8 Å². The van der Waals surface area contributed by atoms with Gasteiger partial charge in [-0.25, -0.2) is 17.9 Å². The van der Waals surface area contributed by atoms with Crippen LogP contribution in [0.1, 0.15) is 21.6 Å². The Morgan fingerprint density at radius 3 is 2.53 bits per heavy atom. The molecule has 3 heterocycles. The number of morpholine rings is 1. The van der Waals surface area contributed by atoms with Gasteiger partial charge in [-0.1, -0.05) is 35.9 Å². The summed E-state index contributed by atoms with van der Waals surface area (Å²) >= 11 is 6.24. The topological polar surface area (TPSA) is 102 Å². The van der Waals surface area contributed by atoms with Crippen molar-refractivity contribution < 1.29 is 23.1 Å². The maximum Gasteiger partial charge on any atom is 0.356 e. The third-order valence-electron chi connectivity index (χ3n) is 5.74. The zero-order valence-electron chi connectivity index (χ0n) is 17.0. The summed E-state index contributed by atoms with van der Waals surface area (Å²) in [6.45, 7) is 3.99. The molecule has 3 aromatic rings. The number of fused-ring (bicyclic) bond motifs is 3. The van der Waals surface area contributed by atoms with Crippen molar-refractivity contribution in [2.75, 3.05) is 26.3 Å². The van der Waals surface area contributed by atoms with Gasteiger partial charge in [0.2, 0.25) is 0 Å². The van der Waals surface area contributed by atoms with Gasteiger partial charge in [-0.2, -0.15) is 5.10 Å². The summed E-state index contributed by atoms with van der Waals surface area (Å²) < 4.78 is 32.7. The predicted octanol–water partition coefficient (Wildman–Crippen LogP) is 3.01. The van der Waals surface area contributed by atoms with Gasteiger partial charge < -0.3 is 9.84 Å². The lowest BCUT2D eigenvalue weighted by molar-refractivity contribution is 0.0342. The number of hydrogen-bond donors (Lipinski definition) is 1. The second-order valence-corrected chi connectivity index (χ2v) is 10.2. The zero-order valence-corrected chi connectivity index (χ0v) is 18.6. The van der Waals surface area contributed by atoms with Gasteiger partial charge in [0.25, 0.3) is 0 Å². The molecule has 0 amide bonds. The number of rotatable bonds is 4. The van der Waals surface area contributed by atoms with Crippen LogP contribution < -0.4 is 0 Å². The molecule has 2 aromatic carbocycles. The number of aromatic nitrogens is 2. The van der Waals surface area contributed by atoms with Crippen LogP contribution in [-0.4, -0.2) is 60.5 Å². The number of carboxylic acids is 1. The third kappa shape index (κ3) is 3.61. The van der Waals surface area contributed by atoms with Crippen LogP contribution >= 0.6 is 11.6 Å². The van der Waals surface area contributed by atoms with Crippen LogP contribution in [-0.2, 0) is 26.9 Å². The van der Waals surface area contributed by atoms with E-state index in [1.54, 1.807) is 12.1 Å². The minimum Gasteiger partial charge on any atom is -0.476 e. The fourth-order valence-electron chi connectivity index (χ4n) is 4.26. The molecule has 1 N–H and O–H groups in total. The van der Waals surface area contributed by atoms with Crippen LogP contribution in [0.3, 0.4) is 0 Å². The minimum absolute atomic E-state index is 0.0104. The third-order valence-corrected chi connectivity index (χ3v) is 7.90. The monoisotopic (exact) mass is 473 g/mol. The molecule has 0 bridgehead atoms. The van der Waals surface area contributed by atoms with Crippen LogP contribution in [0.15, 0.2) is 47.4 Å². The largest absolute Gasteiger partial charge is 0.476 e. The molecule has 32 heavy (non-hydrogen) atoms. The molecule has 166 valence electrons. The Morgan fingerprint density at radius 2 is 1.84 bits per heavy atom. The van der Waals surface area contributed by atoms with Crippen LogP contribution in [0.5, 0.6) is 0 Å². The van der Waals surface area contributed by atoms with E-state index in [1.807, 2.05) is 24.3 Å². The van der Waals surface area contributed by atoms with Gasteiger partial charge in [0.05, 0.1) is 40.3 Å². The molecular weight excluding hydrogens is 454 g/mol. The fraction of sp³-hybridized carbons (Fsp3) is 0.273. The van der Waals surface area contributed by atoms with Crippen molar-refractivity contribution in [1.29, 1.82) is 0 Å². The summed E-state index contributed by atoms with van der Waals surface area (Å²) in [5.41, 5.74) is 2.45. The number of carboxylic acid groups (broad SMARTS) is 1. The summed E-state index contributed by atoms with van der Waals surface area (Å²) in [7, 11) is -3.80. The number of ether oxygens (including phenoxy) is 1. The van der Waals surface area contributed by atoms with E-state index in [4.69, 9.17) is 16.3 Å². The van der Waals surface area contributed by atoms with Gasteiger partial charge in [-0.15, -0.1) is 0 Å². The first kappa shape index (κ1) is 21.1. The number of hydrogen-bond acceptors (Lipinski definition) is 6. The smallest absolute Gasteiger partial charge is 0.356 e. The van der Waals surface area contributed by atoms with Crippen LogP contribution in [0.2, 0.25) is 5.02 Å². The summed E-state index contributed by atoms with van der Waals surface area (Å²) in [6, 6.07) is 12.5. The SMILES string of the molecule is O=C(O)c1nn(-c2ccc(CN3CCOCC3)cc2)c2c1CS(=O)(=O)c1c(Cl)cccc1-2. The van der Waals surface area contributed by atoms with Gasteiger partial charge in [0, 0.05) is 30.8 Å². The van der Waals surface area contributed by atoms with Gasteiger partial charge >= 0.3 is 5.97 Å². The van der Waals surface area contributed by atoms with E-state index in [0.717, 1.165) is 38.4 Å². The molecule has 8 nitrogen and oxygen atoms in total. The lowest BCUT2D eigenvalue weighted by atomic mass is 10.1. The highest BCUT2D eigenvalue weighted by Gasteiger charge is 2.37. The Morgan fingerprint density at radius 1 is 1.12 bits per heavy atom. The average molecular weight is 474 g/mol. The highest BCUT2D eigenvalue weighted by molar-refractivity contribution is 7.91. The summed E-state index contributed by atoms with van der Waals surface area (Å²) in [5, 5.41) is 14.1. The lowest BCUT2D eigenvalue weighted by Gasteiger charge is -2.26. The van der Waals surface area contributed by atoms with Crippen molar-refractivity contribution in [1.82, 2.24) is 14.7 Å². The average Bonchev–Trinajstić information content (AvgIpc) is 3.14. The van der Waals surface area contributed by atoms with E-state index in [-0.39, 0.29) is 21.2 Å². The number of halogens is 1. The second-order valence-electron chi connectivity index (χ2n) is 7.82. The molecule has 0 unspecified atom stereocenters.